The molecule has 0 saturated heterocycles. The van der Waals surface area contributed by atoms with Gasteiger partial charge < -0.3 is 20.3 Å². The van der Waals surface area contributed by atoms with E-state index in [1.54, 1.807) is 0 Å². The van der Waals surface area contributed by atoms with E-state index in [4.69, 9.17) is 4.74 Å². The Morgan fingerprint density at radius 2 is 0.797 bits per heavy atom. The van der Waals surface area contributed by atoms with Gasteiger partial charge in [0.05, 0.1) is 25.2 Å². The van der Waals surface area contributed by atoms with Crippen molar-refractivity contribution >= 4 is 11.9 Å². The molecular formula is C58H109NO5. The molecule has 0 bridgehead atoms. The van der Waals surface area contributed by atoms with Crippen LogP contribution in [-0.4, -0.2) is 46.9 Å². The lowest BCUT2D eigenvalue weighted by Crippen LogP contribution is -2.46. The first-order valence-electron chi connectivity index (χ1n) is 28.2. The molecule has 0 radical (unpaired) electrons. The summed E-state index contributed by atoms with van der Waals surface area (Å²) in [6.07, 6.45) is 62.1. The summed E-state index contributed by atoms with van der Waals surface area (Å²) in [5.41, 5.74) is 0. The van der Waals surface area contributed by atoms with Crippen LogP contribution in [-0.2, 0) is 14.3 Å². The van der Waals surface area contributed by atoms with E-state index in [0.29, 0.717) is 19.3 Å². The van der Waals surface area contributed by atoms with Crippen LogP contribution in [0.1, 0.15) is 297 Å². The van der Waals surface area contributed by atoms with Crippen LogP contribution in [0, 0.1) is 0 Å². The highest BCUT2D eigenvalue weighted by Crippen LogP contribution is 2.18. The van der Waals surface area contributed by atoms with Crippen LogP contribution in [0.25, 0.3) is 0 Å². The van der Waals surface area contributed by atoms with Crippen LogP contribution in [0.15, 0.2) is 36.5 Å². The Hall–Kier alpha value is -1.92. The van der Waals surface area contributed by atoms with Crippen molar-refractivity contribution in [1.29, 1.82) is 0 Å². The molecular weight excluding hydrogens is 791 g/mol. The third kappa shape index (κ3) is 46.6. The Morgan fingerprint density at radius 1 is 0.453 bits per heavy atom. The maximum atomic E-state index is 13.2. The molecule has 3 atom stereocenters. The average molecular weight is 901 g/mol. The minimum absolute atomic E-state index is 0.0676. The molecule has 376 valence electrons. The predicted octanol–water partition coefficient (Wildman–Crippen LogP) is 17.2. The van der Waals surface area contributed by atoms with Crippen molar-refractivity contribution in [2.75, 3.05) is 6.61 Å². The quantitative estimate of drug-likeness (QED) is 0.0321. The van der Waals surface area contributed by atoms with E-state index in [-0.39, 0.29) is 24.9 Å². The number of carbonyl (C=O) groups is 2. The van der Waals surface area contributed by atoms with Gasteiger partial charge >= 0.3 is 5.97 Å². The fourth-order valence-corrected chi connectivity index (χ4v) is 8.63. The Labute approximate surface area is 398 Å². The number of aliphatic hydroxyl groups is 2. The van der Waals surface area contributed by atoms with Gasteiger partial charge in [-0.05, 0) is 83.5 Å². The normalized spacial score (nSPS) is 13.4. The molecule has 0 saturated carbocycles. The van der Waals surface area contributed by atoms with Crippen molar-refractivity contribution in [3.63, 3.8) is 0 Å². The summed E-state index contributed by atoms with van der Waals surface area (Å²) in [5.74, 6) is -0.484. The number of allylic oxidation sites excluding steroid dienone is 6. The fourth-order valence-electron chi connectivity index (χ4n) is 8.63. The van der Waals surface area contributed by atoms with Crippen LogP contribution in [0.4, 0.5) is 0 Å². The minimum atomic E-state index is -0.790. The monoisotopic (exact) mass is 900 g/mol. The molecule has 6 nitrogen and oxygen atoms in total. The zero-order chi connectivity index (χ0) is 46.7. The average Bonchev–Trinajstić information content (AvgIpc) is 3.29. The number of hydrogen-bond donors (Lipinski definition) is 3. The highest BCUT2D eigenvalue weighted by atomic mass is 16.5. The number of unbranched alkanes of at least 4 members (excludes halogenated alkanes) is 33. The number of carbonyl (C=O) groups excluding carboxylic acids is 2. The first kappa shape index (κ1) is 62.1. The smallest absolute Gasteiger partial charge is 0.306 e. The molecule has 0 spiro atoms. The molecule has 6 heteroatoms. The van der Waals surface area contributed by atoms with E-state index < -0.39 is 18.2 Å². The van der Waals surface area contributed by atoms with E-state index in [9.17, 15) is 19.8 Å². The lowest BCUT2D eigenvalue weighted by atomic mass is 10.0. The van der Waals surface area contributed by atoms with E-state index >= 15 is 0 Å². The van der Waals surface area contributed by atoms with Gasteiger partial charge in [0.25, 0.3) is 0 Å². The van der Waals surface area contributed by atoms with Crippen LogP contribution in [0.3, 0.4) is 0 Å². The number of esters is 1. The molecule has 3 N–H and O–H groups in total. The Bertz CT molecular complexity index is 1060. The summed E-state index contributed by atoms with van der Waals surface area (Å²) in [6.45, 7) is 6.45. The first-order valence-corrected chi connectivity index (χ1v) is 28.2. The second-order valence-corrected chi connectivity index (χ2v) is 19.3. The van der Waals surface area contributed by atoms with E-state index in [1.807, 2.05) is 0 Å². The molecule has 1 amide bonds. The van der Waals surface area contributed by atoms with Crippen molar-refractivity contribution in [3.8, 4) is 0 Å². The molecule has 0 aromatic heterocycles. The van der Waals surface area contributed by atoms with Crippen molar-refractivity contribution in [2.24, 2.45) is 0 Å². The van der Waals surface area contributed by atoms with Gasteiger partial charge in [-0.3, -0.25) is 9.59 Å². The van der Waals surface area contributed by atoms with Crippen molar-refractivity contribution < 1.29 is 24.5 Å². The van der Waals surface area contributed by atoms with Crippen LogP contribution in [0.5, 0.6) is 0 Å². The predicted molar refractivity (Wildman–Crippen MR) is 278 cm³/mol. The zero-order valence-electron chi connectivity index (χ0n) is 42.9. The molecule has 0 rings (SSSR count). The number of ether oxygens (including phenoxy) is 1. The maximum Gasteiger partial charge on any atom is 0.306 e. The van der Waals surface area contributed by atoms with Crippen molar-refractivity contribution in [3.05, 3.63) is 36.5 Å². The number of aliphatic hydroxyl groups excluding tert-OH is 2. The number of rotatable bonds is 51. The molecule has 0 fully saturated rings. The van der Waals surface area contributed by atoms with Crippen molar-refractivity contribution in [2.45, 2.75) is 315 Å². The van der Waals surface area contributed by atoms with Crippen LogP contribution < -0.4 is 5.32 Å². The number of nitrogens with one attached hydrogen (secondary N) is 1. The van der Waals surface area contributed by atoms with Crippen LogP contribution in [0.2, 0.25) is 0 Å². The molecule has 3 unspecified atom stereocenters. The van der Waals surface area contributed by atoms with Gasteiger partial charge in [0.2, 0.25) is 5.91 Å². The molecule has 0 aliphatic rings. The van der Waals surface area contributed by atoms with Gasteiger partial charge in [0.15, 0.2) is 0 Å². The lowest BCUT2D eigenvalue weighted by molar-refractivity contribution is -0.151. The highest BCUT2D eigenvalue weighted by Gasteiger charge is 2.24. The molecule has 64 heavy (non-hydrogen) atoms. The van der Waals surface area contributed by atoms with Gasteiger partial charge in [0, 0.05) is 6.42 Å². The van der Waals surface area contributed by atoms with E-state index in [0.717, 1.165) is 70.6 Å². The SMILES string of the molecule is CCCCC/C=C\C/C=C\CCCCCCCCCCCC(=O)OC(CCCCC/C=C\CCCCC)CC(=O)NC(CO)C(O)CCCCCCCCCCCCCCCCCC. The lowest BCUT2D eigenvalue weighted by Gasteiger charge is -2.24. The van der Waals surface area contributed by atoms with Gasteiger partial charge in [-0.1, -0.05) is 237 Å². The summed E-state index contributed by atoms with van der Waals surface area (Å²) >= 11 is 0. The number of hydrogen-bond acceptors (Lipinski definition) is 5. The first-order chi connectivity index (χ1) is 31.5. The zero-order valence-corrected chi connectivity index (χ0v) is 42.9. The maximum absolute atomic E-state index is 13.2. The Balaban J connectivity index is 4.42. The van der Waals surface area contributed by atoms with Crippen molar-refractivity contribution in [1.82, 2.24) is 5.32 Å². The van der Waals surface area contributed by atoms with Gasteiger partial charge in [-0.2, -0.15) is 0 Å². The third-order valence-corrected chi connectivity index (χ3v) is 12.9. The van der Waals surface area contributed by atoms with Gasteiger partial charge in [0.1, 0.15) is 6.10 Å². The largest absolute Gasteiger partial charge is 0.462 e. The molecule has 0 aromatic carbocycles. The summed E-state index contributed by atoms with van der Waals surface area (Å²) < 4.78 is 5.93. The topological polar surface area (TPSA) is 95.9 Å². The van der Waals surface area contributed by atoms with Crippen LogP contribution >= 0.6 is 0 Å². The summed E-state index contributed by atoms with van der Waals surface area (Å²) in [5, 5.41) is 23.8. The van der Waals surface area contributed by atoms with E-state index in [2.05, 4.69) is 62.5 Å². The molecule has 0 aliphatic heterocycles. The molecule has 0 heterocycles. The summed E-state index contributed by atoms with van der Waals surface area (Å²) in [6, 6.07) is -0.705. The second kappa shape index (κ2) is 52.1. The van der Waals surface area contributed by atoms with Gasteiger partial charge in [-0.15, -0.1) is 0 Å². The summed E-state index contributed by atoms with van der Waals surface area (Å²) in [7, 11) is 0. The van der Waals surface area contributed by atoms with E-state index in [1.165, 1.54) is 180 Å². The van der Waals surface area contributed by atoms with Gasteiger partial charge in [-0.25, -0.2) is 0 Å². The molecule has 0 aromatic rings. The fraction of sp³-hybridized carbons (Fsp3) is 0.862. The number of amides is 1. The summed E-state index contributed by atoms with van der Waals surface area (Å²) in [4.78, 5) is 26.2. The standard InChI is InChI=1S/C58H109NO5/c1-4-7-10-13-16-19-22-24-26-28-29-30-32-34-36-39-42-45-48-51-58(63)64-54(49-46-43-40-37-21-18-15-12-9-6-3)52-57(62)59-55(53-60)56(61)50-47-44-41-38-35-33-31-27-25-23-20-17-14-11-8-5-2/h16,18-19,21,24,26,54-56,60-61H,4-15,17,20,22-23,25,27-53H2,1-3H3,(H,59,62)/b19-16-,21-18-,26-24-. The highest BCUT2D eigenvalue weighted by molar-refractivity contribution is 5.77. The minimum Gasteiger partial charge on any atom is -0.462 e. The third-order valence-electron chi connectivity index (χ3n) is 12.9. The molecule has 0 aliphatic carbocycles. The second-order valence-electron chi connectivity index (χ2n) is 19.3. The Kier molecular flexibility index (Phi) is 50.5. The Morgan fingerprint density at radius 3 is 1.25 bits per heavy atom.